The molecule has 0 atom stereocenters. The van der Waals surface area contributed by atoms with Gasteiger partial charge in [-0.15, -0.1) is 0 Å². The average molecular weight is 413 g/mol. The molecule has 0 aromatic heterocycles. The zero-order chi connectivity index (χ0) is 21.3. The van der Waals surface area contributed by atoms with E-state index < -0.39 is 0 Å². The van der Waals surface area contributed by atoms with Crippen LogP contribution in [0.2, 0.25) is 0 Å². The molecule has 0 radical (unpaired) electrons. The van der Waals surface area contributed by atoms with Crippen molar-refractivity contribution in [2.24, 2.45) is 0 Å². The molecule has 0 bridgehead atoms. The number of unbranched alkanes of at least 4 members (excludes halogenated alkanes) is 7. The molecule has 3 heteroatoms. The molecule has 0 N–H and O–H groups in total. The highest BCUT2D eigenvalue weighted by Crippen LogP contribution is 2.23. The molecule has 3 nitrogen and oxygen atoms in total. The van der Waals surface area contributed by atoms with E-state index in [0.717, 1.165) is 38.4 Å². The molecule has 0 aliphatic heterocycles. The van der Waals surface area contributed by atoms with Gasteiger partial charge in [-0.05, 0) is 67.3 Å². The Morgan fingerprint density at radius 3 is 1.53 bits per heavy atom. The van der Waals surface area contributed by atoms with Crippen molar-refractivity contribution in [3.05, 3.63) is 54.1 Å². The van der Waals surface area contributed by atoms with E-state index >= 15 is 0 Å². The summed E-state index contributed by atoms with van der Waals surface area (Å²) in [4.78, 5) is 0. The molecule has 0 amide bonds. The van der Waals surface area contributed by atoms with Gasteiger partial charge in [-0.3, -0.25) is 0 Å². The number of benzene rings is 2. The van der Waals surface area contributed by atoms with E-state index in [-0.39, 0.29) is 0 Å². The quantitative estimate of drug-likeness (QED) is 0.260. The molecule has 0 aliphatic carbocycles. The van der Waals surface area contributed by atoms with Gasteiger partial charge in [0.2, 0.25) is 0 Å². The molecule has 0 aliphatic rings. The predicted molar refractivity (Wildman–Crippen MR) is 126 cm³/mol. The van der Waals surface area contributed by atoms with Crippen molar-refractivity contribution in [3.63, 3.8) is 0 Å². The average Bonchev–Trinajstić information content (AvgIpc) is 2.79. The van der Waals surface area contributed by atoms with Crippen LogP contribution in [0.4, 0.5) is 0 Å². The molecule has 0 unspecified atom stereocenters. The maximum Gasteiger partial charge on any atom is 0.119 e. The SMILES string of the molecule is COCCCCCCCc1ccc(-c2ccc(OCCCCCCOC)cc2)cc1. The molecule has 0 saturated carbocycles. The highest BCUT2D eigenvalue weighted by molar-refractivity contribution is 5.64. The van der Waals surface area contributed by atoms with Crippen molar-refractivity contribution in [1.82, 2.24) is 0 Å². The lowest BCUT2D eigenvalue weighted by Gasteiger charge is -2.08. The van der Waals surface area contributed by atoms with Crippen LogP contribution in [0.25, 0.3) is 11.1 Å². The van der Waals surface area contributed by atoms with Gasteiger partial charge in [-0.2, -0.15) is 0 Å². The standard InChI is InChI=1S/C27H40O3/c1-28-21-9-5-3-4-8-12-24-13-15-25(16-14-24)26-17-19-27(20-18-26)30-23-11-7-6-10-22-29-2/h13-20H,3-12,21-23H2,1-2H3. The number of ether oxygens (including phenoxy) is 3. The molecular formula is C27H40O3. The highest BCUT2D eigenvalue weighted by atomic mass is 16.5. The van der Waals surface area contributed by atoms with Crippen molar-refractivity contribution >= 4 is 0 Å². The first-order chi connectivity index (χ1) is 14.8. The minimum Gasteiger partial charge on any atom is -0.494 e. The smallest absolute Gasteiger partial charge is 0.119 e. The number of methoxy groups -OCH3 is 2. The minimum atomic E-state index is 0.785. The molecule has 0 spiro atoms. The monoisotopic (exact) mass is 412 g/mol. The first kappa shape index (κ1) is 24.4. The first-order valence-electron chi connectivity index (χ1n) is 11.6. The lowest BCUT2D eigenvalue weighted by atomic mass is 10.0. The van der Waals surface area contributed by atoms with Gasteiger partial charge < -0.3 is 14.2 Å². The van der Waals surface area contributed by atoms with E-state index in [2.05, 4.69) is 48.5 Å². The summed E-state index contributed by atoms with van der Waals surface area (Å²) in [6.45, 7) is 2.54. The third-order valence-corrected chi connectivity index (χ3v) is 5.47. The third-order valence-electron chi connectivity index (χ3n) is 5.47. The Bertz CT molecular complexity index is 589. The summed E-state index contributed by atoms with van der Waals surface area (Å²) in [6.07, 6.45) is 12.2. The number of aryl methyl sites for hydroxylation is 1. The fourth-order valence-electron chi connectivity index (χ4n) is 3.61. The van der Waals surface area contributed by atoms with E-state index in [9.17, 15) is 0 Å². The molecule has 166 valence electrons. The Balaban J connectivity index is 1.65. The maximum atomic E-state index is 5.87. The van der Waals surface area contributed by atoms with Crippen molar-refractivity contribution in [3.8, 4) is 16.9 Å². The maximum absolute atomic E-state index is 5.87. The predicted octanol–water partition coefficient (Wildman–Crippen LogP) is 7.08. The van der Waals surface area contributed by atoms with Crippen LogP contribution in [0, 0.1) is 0 Å². The topological polar surface area (TPSA) is 27.7 Å². The highest BCUT2D eigenvalue weighted by Gasteiger charge is 2.01. The van der Waals surface area contributed by atoms with Crippen molar-refractivity contribution in [1.29, 1.82) is 0 Å². The zero-order valence-corrected chi connectivity index (χ0v) is 19.0. The molecule has 2 aromatic carbocycles. The number of hydrogen-bond donors (Lipinski definition) is 0. The molecule has 2 aromatic rings. The molecule has 0 heterocycles. The van der Waals surface area contributed by atoms with Crippen LogP contribution in [0.1, 0.15) is 63.4 Å². The van der Waals surface area contributed by atoms with E-state index in [4.69, 9.17) is 14.2 Å². The molecule has 0 saturated heterocycles. The Labute approximate surface area is 183 Å². The first-order valence-corrected chi connectivity index (χ1v) is 11.6. The van der Waals surface area contributed by atoms with Crippen LogP contribution in [0.3, 0.4) is 0 Å². The van der Waals surface area contributed by atoms with Gasteiger partial charge >= 0.3 is 0 Å². The normalized spacial score (nSPS) is 11.0. The fourth-order valence-corrected chi connectivity index (χ4v) is 3.61. The Morgan fingerprint density at radius 1 is 0.500 bits per heavy atom. The zero-order valence-electron chi connectivity index (χ0n) is 19.0. The van der Waals surface area contributed by atoms with E-state index in [1.54, 1.807) is 14.2 Å². The summed E-state index contributed by atoms with van der Waals surface area (Å²) in [5.74, 6) is 0.956. The van der Waals surface area contributed by atoms with Gasteiger partial charge in [0.1, 0.15) is 5.75 Å². The second-order valence-corrected chi connectivity index (χ2v) is 7.99. The van der Waals surface area contributed by atoms with Crippen LogP contribution in [0.5, 0.6) is 5.75 Å². The van der Waals surface area contributed by atoms with Gasteiger partial charge in [0.05, 0.1) is 6.61 Å². The lowest BCUT2D eigenvalue weighted by molar-refractivity contribution is 0.191. The Hall–Kier alpha value is -1.84. The number of rotatable bonds is 17. The molecule has 0 fully saturated rings. The minimum absolute atomic E-state index is 0.785. The van der Waals surface area contributed by atoms with Crippen LogP contribution < -0.4 is 4.74 Å². The van der Waals surface area contributed by atoms with Gasteiger partial charge in [-0.25, -0.2) is 0 Å². The fraction of sp³-hybridized carbons (Fsp3) is 0.556. The molecule has 30 heavy (non-hydrogen) atoms. The summed E-state index contributed by atoms with van der Waals surface area (Å²) in [7, 11) is 3.54. The second kappa shape index (κ2) is 15.9. The van der Waals surface area contributed by atoms with Gasteiger partial charge in [0.15, 0.2) is 0 Å². The number of hydrogen-bond acceptors (Lipinski definition) is 3. The van der Waals surface area contributed by atoms with Gasteiger partial charge in [-0.1, -0.05) is 62.1 Å². The summed E-state index contributed by atoms with van der Waals surface area (Å²) in [5.41, 5.74) is 3.94. The van der Waals surface area contributed by atoms with Crippen LogP contribution in [0.15, 0.2) is 48.5 Å². The molecular weight excluding hydrogens is 372 g/mol. The van der Waals surface area contributed by atoms with Crippen molar-refractivity contribution < 1.29 is 14.2 Å². The summed E-state index contributed by atoms with van der Waals surface area (Å²) in [6, 6.07) is 17.5. The summed E-state index contributed by atoms with van der Waals surface area (Å²) in [5, 5.41) is 0. The largest absolute Gasteiger partial charge is 0.494 e. The summed E-state index contributed by atoms with van der Waals surface area (Å²) >= 11 is 0. The Morgan fingerprint density at radius 2 is 0.967 bits per heavy atom. The van der Waals surface area contributed by atoms with Gasteiger partial charge in [0, 0.05) is 27.4 Å². The molecule has 2 rings (SSSR count). The van der Waals surface area contributed by atoms with E-state index in [1.165, 1.54) is 68.1 Å². The second-order valence-electron chi connectivity index (χ2n) is 7.99. The Kier molecular flexibility index (Phi) is 13.0. The van der Waals surface area contributed by atoms with Crippen LogP contribution in [-0.4, -0.2) is 34.0 Å². The van der Waals surface area contributed by atoms with Crippen molar-refractivity contribution in [2.45, 2.75) is 64.2 Å². The lowest BCUT2D eigenvalue weighted by Crippen LogP contribution is -1.97. The van der Waals surface area contributed by atoms with Crippen LogP contribution in [-0.2, 0) is 15.9 Å². The summed E-state index contributed by atoms with van der Waals surface area (Å²) < 4.78 is 16.0. The van der Waals surface area contributed by atoms with Gasteiger partial charge in [0.25, 0.3) is 0 Å². The van der Waals surface area contributed by atoms with Crippen LogP contribution >= 0.6 is 0 Å². The van der Waals surface area contributed by atoms with E-state index in [0.29, 0.717) is 0 Å². The van der Waals surface area contributed by atoms with Crippen molar-refractivity contribution in [2.75, 3.05) is 34.0 Å². The van der Waals surface area contributed by atoms with E-state index in [1.807, 2.05) is 0 Å². The third kappa shape index (κ3) is 10.3.